The third kappa shape index (κ3) is 5.65. The van der Waals surface area contributed by atoms with Crippen molar-refractivity contribution in [3.63, 3.8) is 0 Å². The first-order valence-electron chi connectivity index (χ1n) is 7.83. The Hall–Kier alpha value is -2.77. The molecular weight excluding hydrogens is 347 g/mol. The zero-order chi connectivity index (χ0) is 19.3. The van der Waals surface area contributed by atoms with Gasteiger partial charge in [-0.3, -0.25) is 4.79 Å². The molecular formula is C18H20F3N3O2. The highest BCUT2D eigenvalue weighted by Crippen LogP contribution is 2.18. The van der Waals surface area contributed by atoms with Crippen molar-refractivity contribution >= 4 is 11.6 Å². The maximum Gasteiger partial charge on any atom is 0.422 e. The van der Waals surface area contributed by atoms with Gasteiger partial charge in [0, 0.05) is 45.6 Å². The van der Waals surface area contributed by atoms with Gasteiger partial charge >= 0.3 is 6.18 Å². The molecule has 8 heteroatoms. The Kier molecular flexibility index (Phi) is 6.07. The molecule has 26 heavy (non-hydrogen) atoms. The maximum absolute atomic E-state index is 12.4. The summed E-state index contributed by atoms with van der Waals surface area (Å²) in [6.07, 6.45) is -3.22. The van der Waals surface area contributed by atoms with Crippen molar-refractivity contribution in [2.24, 2.45) is 0 Å². The predicted molar refractivity (Wildman–Crippen MR) is 92.4 cm³/mol. The Balaban J connectivity index is 1.97. The third-order valence-electron chi connectivity index (χ3n) is 3.59. The number of benzene rings is 1. The van der Waals surface area contributed by atoms with Crippen molar-refractivity contribution in [1.82, 2.24) is 9.88 Å². The zero-order valence-electron chi connectivity index (χ0n) is 14.7. The van der Waals surface area contributed by atoms with Gasteiger partial charge in [0.05, 0.1) is 5.56 Å². The summed E-state index contributed by atoms with van der Waals surface area (Å²) in [5.41, 5.74) is 2.29. The lowest BCUT2D eigenvalue weighted by molar-refractivity contribution is -0.154. The average molecular weight is 367 g/mol. The Morgan fingerprint density at radius 2 is 1.73 bits per heavy atom. The number of ether oxygens (including phenoxy) is 1. The normalized spacial score (nSPS) is 11.2. The van der Waals surface area contributed by atoms with Crippen molar-refractivity contribution in [2.75, 3.05) is 32.6 Å². The quantitative estimate of drug-likeness (QED) is 0.785. The first kappa shape index (κ1) is 19.6. The van der Waals surface area contributed by atoms with E-state index in [1.54, 1.807) is 7.05 Å². The minimum Gasteiger partial charge on any atom is -0.468 e. The van der Waals surface area contributed by atoms with Gasteiger partial charge in [-0.15, -0.1) is 0 Å². The van der Waals surface area contributed by atoms with E-state index in [4.69, 9.17) is 0 Å². The van der Waals surface area contributed by atoms with Crippen LogP contribution in [0.25, 0.3) is 0 Å². The standard InChI is InChI=1S/C18H20F3N3O2/c1-23(2)15-7-4-13(5-8-15)11-24(3)17(25)14-6-9-16(22-10-14)26-12-18(19,20)21/h4-10H,11-12H2,1-3H3. The smallest absolute Gasteiger partial charge is 0.422 e. The molecule has 140 valence electrons. The van der Waals surface area contributed by atoms with Crippen LogP contribution in [0.4, 0.5) is 18.9 Å². The number of anilines is 1. The first-order valence-corrected chi connectivity index (χ1v) is 7.83. The van der Waals surface area contributed by atoms with Gasteiger partial charge in [0.2, 0.25) is 5.88 Å². The number of hydrogen-bond acceptors (Lipinski definition) is 4. The molecule has 0 aliphatic heterocycles. The molecule has 0 fully saturated rings. The summed E-state index contributed by atoms with van der Waals surface area (Å²) >= 11 is 0. The van der Waals surface area contributed by atoms with Crippen molar-refractivity contribution < 1.29 is 22.7 Å². The second kappa shape index (κ2) is 8.07. The fourth-order valence-electron chi connectivity index (χ4n) is 2.21. The van der Waals surface area contributed by atoms with Crippen molar-refractivity contribution in [3.05, 3.63) is 53.7 Å². The number of pyridine rings is 1. The average Bonchev–Trinajstić information content (AvgIpc) is 2.59. The molecule has 0 aliphatic carbocycles. The number of hydrogen-bond donors (Lipinski definition) is 0. The summed E-state index contributed by atoms with van der Waals surface area (Å²) in [5.74, 6) is -0.461. The van der Waals surface area contributed by atoms with Crippen LogP contribution in [0.2, 0.25) is 0 Å². The highest BCUT2D eigenvalue weighted by atomic mass is 19.4. The number of halogens is 3. The van der Waals surface area contributed by atoms with Crippen molar-refractivity contribution in [2.45, 2.75) is 12.7 Å². The minimum atomic E-state index is -4.43. The van der Waals surface area contributed by atoms with E-state index >= 15 is 0 Å². The molecule has 0 N–H and O–H groups in total. The van der Waals surface area contributed by atoms with E-state index in [2.05, 4.69) is 9.72 Å². The highest BCUT2D eigenvalue weighted by Gasteiger charge is 2.28. The monoisotopic (exact) mass is 367 g/mol. The number of nitrogens with zero attached hydrogens (tertiary/aromatic N) is 3. The SMILES string of the molecule is CN(Cc1ccc(N(C)C)cc1)C(=O)c1ccc(OCC(F)(F)F)nc1. The van der Waals surface area contributed by atoms with Crippen LogP contribution < -0.4 is 9.64 Å². The fourth-order valence-corrected chi connectivity index (χ4v) is 2.21. The van der Waals surface area contributed by atoms with Crippen LogP contribution in [0.1, 0.15) is 15.9 Å². The van der Waals surface area contributed by atoms with Crippen LogP contribution in [0.5, 0.6) is 5.88 Å². The Labute approximate surface area is 150 Å². The van der Waals surface area contributed by atoms with Crippen molar-refractivity contribution in [3.8, 4) is 5.88 Å². The van der Waals surface area contributed by atoms with E-state index in [1.165, 1.54) is 23.2 Å². The Morgan fingerprint density at radius 1 is 1.08 bits per heavy atom. The molecule has 2 aromatic rings. The molecule has 1 aromatic heterocycles. The highest BCUT2D eigenvalue weighted by molar-refractivity contribution is 5.93. The topological polar surface area (TPSA) is 45.7 Å². The van der Waals surface area contributed by atoms with E-state index < -0.39 is 12.8 Å². The molecule has 0 atom stereocenters. The molecule has 0 bridgehead atoms. The lowest BCUT2D eigenvalue weighted by atomic mass is 10.1. The lowest BCUT2D eigenvalue weighted by Gasteiger charge is -2.18. The summed E-state index contributed by atoms with van der Waals surface area (Å²) in [7, 11) is 5.54. The molecule has 0 unspecified atom stereocenters. The minimum absolute atomic E-state index is 0.180. The lowest BCUT2D eigenvalue weighted by Crippen LogP contribution is -2.26. The van der Waals surface area contributed by atoms with Crippen LogP contribution in [0.15, 0.2) is 42.6 Å². The number of amides is 1. The molecule has 0 aliphatic rings. The second-order valence-corrected chi connectivity index (χ2v) is 6.01. The molecule has 0 saturated heterocycles. The van der Waals surface area contributed by atoms with Crippen LogP contribution in [0.3, 0.4) is 0 Å². The first-order chi connectivity index (χ1) is 12.2. The van der Waals surface area contributed by atoms with Crippen LogP contribution >= 0.6 is 0 Å². The van der Waals surface area contributed by atoms with Gasteiger partial charge in [-0.05, 0) is 23.8 Å². The molecule has 5 nitrogen and oxygen atoms in total. The molecule has 0 spiro atoms. The van der Waals surface area contributed by atoms with Gasteiger partial charge in [0.25, 0.3) is 5.91 Å². The van der Waals surface area contributed by atoms with Gasteiger partial charge in [-0.1, -0.05) is 12.1 Å². The number of carbonyl (C=O) groups is 1. The Bertz CT molecular complexity index is 729. The third-order valence-corrected chi connectivity index (χ3v) is 3.59. The predicted octanol–water partition coefficient (Wildman–Crippen LogP) is 3.36. The number of aromatic nitrogens is 1. The molecule has 1 heterocycles. The summed E-state index contributed by atoms with van der Waals surface area (Å²) in [4.78, 5) is 19.6. The summed E-state index contributed by atoms with van der Waals surface area (Å²) < 4.78 is 40.9. The summed E-state index contributed by atoms with van der Waals surface area (Å²) in [6, 6.07) is 10.4. The van der Waals surface area contributed by atoms with Crippen LogP contribution in [-0.4, -0.2) is 49.7 Å². The Morgan fingerprint density at radius 3 is 2.23 bits per heavy atom. The van der Waals surface area contributed by atoms with Gasteiger partial charge in [0.15, 0.2) is 6.61 Å². The van der Waals surface area contributed by atoms with E-state index in [-0.39, 0.29) is 17.4 Å². The van der Waals surface area contributed by atoms with E-state index in [1.807, 2.05) is 43.3 Å². The second-order valence-electron chi connectivity index (χ2n) is 6.01. The van der Waals surface area contributed by atoms with Gasteiger partial charge in [-0.25, -0.2) is 4.98 Å². The summed E-state index contributed by atoms with van der Waals surface area (Å²) in [6.45, 7) is -1.02. The molecule has 0 saturated carbocycles. The van der Waals surface area contributed by atoms with Gasteiger partial charge < -0.3 is 14.5 Å². The maximum atomic E-state index is 12.4. The summed E-state index contributed by atoms with van der Waals surface area (Å²) in [5, 5.41) is 0. The molecule has 2 rings (SSSR count). The van der Waals surface area contributed by atoms with Crippen LogP contribution in [0, 0.1) is 0 Å². The van der Waals surface area contributed by atoms with E-state index in [9.17, 15) is 18.0 Å². The molecule has 1 amide bonds. The number of carbonyl (C=O) groups excluding carboxylic acids is 1. The van der Waals surface area contributed by atoms with Crippen LogP contribution in [-0.2, 0) is 6.54 Å². The molecule has 0 radical (unpaired) electrons. The van der Waals surface area contributed by atoms with Crippen molar-refractivity contribution in [1.29, 1.82) is 0 Å². The number of rotatable bonds is 6. The largest absolute Gasteiger partial charge is 0.468 e. The molecule has 1 aromatic carbocycles. The van der Waals surface area contributed by atoms with E-state index in [0.717, 1.165) is 11.3 Å². The van der Waals surface area contributed by atoms with Gasteiger partial charge in [0.1, 0.15) is 0 Å². The van der Waals surface area contributed by atoms with E-state index in [0.29, 0.717) is 6.54 Å². The fraction of sp³-hybridized carbons (Fsp3) is 0.333. The van der Waals surface area contributed by atoms with Gasteiger partial charge in [-0.2, -0.15) is 13.2 Å². The zero-order valence-corrected chi connectivity index (χ0v) is 14.7. The number of alkyl halides is 3.